The lowest BCUT2D eigenvalue weighted by molar-refractivity contribution is -0.132. The number of hydrogen-bond acceptors (Lipinski definition) is 5. The molecule has 142 valence electrons. The Bertz CT molecular complexity index is 883. The van der Waals surface area contributed by atoms with E-state index in [-0.39, 0.29) is 23.7 Å². The van der Waals surface area contributed by atoms with Gasteiger partial charge in [0.25, 0.3) is 5.91 Å². The van der Waals surface area contributed by atoms with Gasteiger partial charge in [0.15, 0.2) is 5.60 Å². The van der Waals surface area contributed by atoms with Crippen LogP contribution in [0.2, 0.25) is 5.02 Å². The number of pyridine rings is 1. The molecule has 0 saturated carbocycles. The number of amides is 2. The molecule has 2 aromatic rings. The predicted molar refractivity (Wildman–Crippen MR) is 105 cm³/mol. The third-order valence-electron chi connectivity index (χ3n) is 4.31. The standard InChI is InChI=1S/C19H21ClN4O3/c1-11(21-4)16(25)22-15-10-9-14-17(23-15)27-19(2,3)18(26)24(14)13-7-5-12(20)6-8-13/h5-11,21H,1-4H3,(H,22,23,25). The van der Waals surface area contributed by atoms with Gasteiger partial charge in [0.2, 0.25) is 11.8 Å². The molecule has 0 saturated heterocycles. The van der Waals surface area contributed by atoms with Crippen molar-refractivity contribution >= 4 is 40.6 Å². The summed E-state index contributed by atoms with van der Waals surface area (Å²) in [5.74, 6) is 0.178. The fraction of sp³-hybridized carbons (Fsp3) is 0.316. The highest BCUT2D eigenvalue weighted by Crippen LogP contribution is 2.41. The Balaban J connectivity index is 2.01. The molecule has 0 fully saturated rings. The van der Waals surface area contributed by atoms with Gasteiger partial charge in [-0.15, -0.1) is 0 Å². The first-order chi connectivity index (χ1) is 12.7. The van der Waals surface area contributed by atoms with Crippen LogP contribution in [0.15, 0.2) is 36.4 Å². The Kier molecular flexibility index (Phi) is 5.08. The highest BCUT2D eigenvalue weighted by molar-refractivity contribution is 6.30. The van der Waals surface area contributed by atoms with Crippen LogP contribution in [0, 0.1) is 0 Å². The lowest BCUT2D eigenvalue weighted by atomic mass is 10.0. The number of halogens is 1. The van der Waals surface area contributed by atoms with Gasteiger partial charge < -0.3 is 15.4 Å². The highest BCUT2D eigenvalue weighted by Gasteiger charge is 2.42. The molecule has 2 amide bonds. The number of carbonyl (C=O) groups excluding carboxylic acids is 2. The molecule has 2 heterocycles. The number of aromatic nitrogens is 1. The van der Waals surface area contributed by atoms with E-state index in [0.717, 1.165) is 0 Å². The summed E-state index contributed by atoms with van der Waals surface area (Å²) in [6.45, 7) is 5.10. The van der Waals surface area contributed by atoms with Crippen molar-refractivity contribution in [2.75, 3.05) is 17.3 Å². The van der Waals surface area contributed by atoms with Gasteiger partial charge in [-0.2, -0.15) is 4.98 Å². The lowest BCUT2D eigenvalue weighted by Crippen LogP contribution is -2.50. The maximum absolute atomic E-state index is 12.9. The zero-order valence-corrected chi connectivity index (χ0v) is 16.3. The monoisotopic (exact) mass is 388 g/mol. The Morgan fingerprint density at radius 3 is 2.52 bits per heavy atom. The average molecular weight is 389 g/mol. The Morgan fingerprint density at radius 1 is 1.22 bits per heavy atom. The Hall–Kier alpha value is -2.64. The van der Waals surface area contributed by atoms with E-state index in [1.54, 1.807) is 69.1 Å². The van der Waals surface area contributed by atoms with Gasteiger partial charge in [0, 0.05) is 10.7 Å². The molecule has 1 aromatic heterocycles. The minimum Gasteiger partial charge on any atom is -0.460 e. The van der Waals surface area contributed by atoms with Gasteiger partial charge in [-0.25, -0.2) is 0 Å². The predicted octanol–water partition coefficient (Wildman–Crippen LogP) is 3.12. The van der Waals surface area contributed by atoms with E-state index < -0.39 is 5.60 Å². The number of ether oxygens (including phenoxy) is 1. The quantitative estimate of drug-likeness (QED) is 0.840. The summed E-state index contributed by atoms with van der Waals surface area (Å²) < 4.78 is 5.82. The number of anilines is 3. The van der Waals surface area contributed by atoms with E-state index in [4.69, 9.17) is 16.3 Å². The summed E-state index contributed by atoms with van der Waals surface area (Å²) in [5, 5.41) is 6.17. The Labute approximate surface area is 162 Å². The lowest BCUT2D eigenvalue weighted by Gasteiger charge is -2.38. The van der Waals surface area contributed by atoms with Crippen LogP contribution in [-0.2, 0) is 9.59 Å². The molecule has 8 heteroatoms. The van der Waals surface area contributed by atoms with Crippen LogP contribution in [0.4, 0.5) is 17.2 Å². The van der Waals surface area contributed by atoms with Gasteiger partial charge in [0.1, 0.15) is 11.5 Å². The van der Waals surface area contributed by atoms with Crippen LogP contribution < -0.4 is 20.3 Å². The molecule has 0 radical (unpaired) electrons. The molecule has 7 nitrogen and oxygen atoms in total. The number of carbonyl (C=O) groups is 2. The number of benzene rings is 1. The number of nitrogens with zero attached hydrogens (tertiary/aromatic N) is 2. The fourth-order valence-electron chi connectivity index (χ4n) is 2.62. The molecule has 1 aliphatic heterocycles. The first-order valence-electron chi connectivity index (χ1n) is 8.51. The molecule has 1 aliphatic rings. The maximum atomic E-state index is 12.9. The molecule has 1 unspecified atom stereocenters. The molecular formula is C19H21ClN4O3. The van der Waals surface area contributed by atoms with Gasteiger partial charge in [-0.05, 0) is 64.2 Å². The number of fused-ring (bicyclic) bond motifs is 1. The topological polar surface area (TPSA) is 83.6 Å². The zero-order valence-electron chi connectivity index (χ0n) is 15.5. The van der Waals surface area contributed by atoms with Gasteiger partial charge in [-0.1, -0.05) is 11.6 Å². The number of hydrogen-bond donors (Lipinski definition) is 2. The second-order valence-corrected chi connectivity index (χ2v) is 7.19. The van der Waals surface area contributed by atoms with Gasteiger partial charge >= 0.3 is 0 Å². The first-order valence-corrected chi connectivity index (χ1v) is 8.89. The van der Waals surface area contributed by atoms with Crippen LogP contribution in [0.25, 0.3) is 0 Å². The van der Waals surface area contributed by atoms with E-state index >= 15 is 0 Å². The van der Waals surface area contributed by atoms with Crippen LogP contribution in [-0.4, -0.2) is 35.5 Å². The number of rotatable bonds is 4. The van der Waals surface area contributed by atoms with Gasteiger partial charge in [-0.3, -0.25) is 14.5 Å². The molecule has 27 heavy (non-hydrogen) atoms. The Morgan fingerprint density at radius 2 is 1.89 bits per heavy atom. The minimum atomic E-state index is -1.11. The normalized spacial score (nSPS) is 16.3. The first kappa shape index (κ1) is 19.1. The van der Waals surface area contributed by atoms with E-state index in [9.17, 15) is 9.59 Å². The average Bonchev–Trinajstić information content (AvgIpc) is 2.63. The largest absolute Gasteiger partial charge is 0.460 e. The van der Waals surface area contributed by atoms with Crippen LogP contribution in [0.3, 0.4) is 0 Å². The summed E-state index contributed by atoms with van der Waals surface area (Å²) in [6, 6.07) is 9.92. The van der Waals surface area contributed by atoms with Crippen molar-refractivity contribution in [1.29, 1.82) is 0 Å². The van der Waals surface area contributed by atoms with Crippen molar-refractivity contribution in [1.82, 2.24) is 10.3 Å². The van der Waals surface area contributed by atoms with Crippen LogP contribution in [0.1, 0.15) is 20.8 Å². The smallest absolute Gasteiger partial charge is 0.275 e. The van der Waals surface area contributed by atoms with Crippen molar-refractivity contribution in [2.45, 2.75) is 32.4 Å². The van der Waals surface area contributed by atoms with Crippen molar-refractivity contribution < 1.29 is 14.3 Å². The third-order valence-corrected chi connectivity index (χ3v) is 4.57. The number of nitrogens with one attached hydrogen (secondary N) is 2. The fourth-order valence-corrected chi connectivity index (χ4v) is 2.75. The summed E-state index contributed by atoms with van der Waals surface area (Å²) in [6.07, 6.45) is 0. The summed E-state index contributed by atoms with van der Waals surface area (Å²) in [7, 11) is 1.70. The maximum Gasteiger partial charge on any atom is 0.275 e. The number of likely N-dealkylation sites (N-methyl/N-ethyl adjacent to an activating group) is 1. The molecule has 3 rings (SSSR count). The van der Waals surface area contributed by atoms with Crippen molar-refractivity contribution in [2.24, 2.45) is 0 Å². The van der Waals surface area contributed by atoms with Crippen molar-refractivity contribution in [3.05, 3.63) is 41.4 Å². The molecule has 2 N–H and O–H groups in total. The van der Waals surface area contributed by atoms with Crippen molar-refractivity contribution in [3.8, 4) is 5.88 Å². The minimum absolute atomic E-state index is 0.217. The SMILES string of the molecule is CNC(C)C(=O)Nc1ccc2c(n1)OC(C)(C)C(=O)N2c1ccc(Cl)cc1. The molecule has 1 aromatic carbocycles. The molecule has 0 spiro atoms. The summed E-state index contributed by atoms with van der Waals surface area (Å²) in [5.41, 5.74) is 0.0475. The third kappa shape index (κ3) is 3.74. The zero-order chi connectivity index (χ0) is 19.8. The summed E-state index contributed by atoms with van der Waals surface area (Å²) in [4.78, 5) is 31.0. The van der Waals surface area contributed by atoms with E-state index in [1.165, 1.54) is 0 Å². The van der Waals surface area contributed by atoms with E-state index in [0.29, 0.717) is 22.2 Å². The molecule has 1 atom stereocenters. The second kappa shape index (κ2) is 7.17. The van der Waals surface area contributed by atoms with E-state index in [2.05, 4.69) is 15.6 Å². The molecular weight excluding hydrogens is 368 g/mol. The highest BCUT2D eigenvalue weighted by atomic mass is 35.5. The van der Waals surface area contributed by atoms with Crippen LogP contribution >= 0.6 is 11.6 Å². The second-order valence-electron chi connectivity index (χ2n) is 6.75. The van der Waals surface area contributed by atoms with Crippen molar-refractivity contribution in [3.63, 3.8) is 0 Å². The van der Waals surface area contributed by atoms with Crippen LogP contribution in [0.5, 0.6) is 5.88 Å². The summed E-state index contributed by atoms with van der Waals surface area (Å²) >= 11 is 5.96. The van der Waals surface area contributed by atoms with E-state index in [1.807, 2.05) is 0 Å². The molecule has 0 bridgehead atoms. The molecule has 0 aliphatic carbocycles. The van der Waals surface area contributed by atoms with Gasteiger partial charge in [0.05, 0.1) is 6.04 Å².